The van der Waals surface area contributed by atoms with Crippen LogP contribution < -0.4 is 0 Å². The van der Waals surface area contributed by atoms with Crippen LogP contribution in [0.1, 0.15) is 58.4 Å². The first-order valence-corrected chi connectivity index (χ1v) is 9.27. The van der Waals surface area contributed by atoms with Gasteiger partial charge in [-0.25, -0.2) is 0 Å². The number of hydrogen-bond donors (Lipinski definition) is 1. The largest absolute Gasteiger partial charge is 0.392 e. The Bertz CT molecular complexity index is 473. The number of aliphatic hydroxyl groups excluding tert-OH is 1. The van der Waals surface area contributed by atoms with Gasteiger partial charge in [0, 0.05) is 10.1 Å². The highest BCUT2D eigenvalue weighted by molar-refractivity contribution is 8.00. The molecule has 3 rings (SSSR count). The molecule has 1 aromatic carbocycles. The van der Waals surface area contributed by atoms with Crippen LogP contribution >= 0.6 is 11.8 Å². The second-order valence-electron chi connectivity index (χ2n) is 7.95. The highest BCUT2D eigenvalue weighted by Gasteiger charge is 2.39. The summed E-state index contributed by atoms with van der Waals surface area (Å²) in [5.74, 6) is 1.42. The molecule has 2 fully saturated rings. The summed E-state index contributed by atoms with van der Waals surface area (Å²) in [4.78, 5) is 1.31. The van der Waals surface area contributed by atoms with Crippen LogP contribution in [0.5, 0.6) is 0 Å². The van der Waals surface area contributed by atoms with Crippen LogP contribution in [0.4, 0.5) is 0 Å². The highest BCUT2D eigenvalue weighted by atomic mass is 32.2. The first kappa shape index (κ1) is 15.4. The van der Waals surface area contributed by atoms with Crippen LogP contribution in [0.15, 0.2) is 29.2 Å². The molecular formula is C19H28OS. The van der Waals surface area contributed by atoms with Crippen molar-refractivity contribution in [2.75, 3.05) is 0 Å². The van der Waals surface area contributed by atoms with Gasteiger partial charge >= 0.3 is 0 Å². The molecule has 4 unspecified atom stereocenters. The summed E-state index contributed by atoms with van der Waals surface area (Å²) >= 11 is 1.90. The molecule has 4 atom stereocenters. The minimum Gasteiger partial charge on any atom is -0.392 e. The van der Waals surface area contributed by atoms with Gasteiger partial charge in [-0.2, -0.15) is 0 Å². The van der Waals surface area contributed by atoms with E-state index in [2.05, 4.69) is 45.0 Å². The van der Waals surface area contributed by atoms with Crippen LogP contribution in [0, 0.1) is 11.8 Å². The van der Waals surface area contributed by atoms with Gasteiger partial charge in [0.15, 0.2) is 0 Å². The molecule has 0 radical (unpaired) electrons. The van der Waals surface area contributed by atoms with Crippen LogP contribution in [0.25, 0.3) is 0 Å². The molecule has 2 aliphatic rings. The van der Waals surface area contributed by atoms with Crippen LogP contribution in [-0.4, -0.2) is 16.5 Å². The van der Waals surface area contributed by atoms with Crippen molar-refractivity contribution in [2.45, 2.75) is 74.5 Å². The van der Waals surface area contributed by atoms with Gasteiger partial charge in [-0.1, -0.05) is 45.7 Å². The molecule has 2 bridgehead atoms. The summed E-state index contributed by atoms with van der Waals surface area (Å²) in [5, 5.41) is 11.0. The normalized spacial score (nSPS) is 33.0. The van der Waals surface area contributed by atoms with Crippen LogP contribution in [0.3, 0.4) is 0 Å². The molecule has 1 nitrogen and oxygen atoms in total. The zero-order valence-electron chi connectivity index (χ0n) is 13.5. The lowest BCUT2D eigenvalue weighted by Crippen LogP contribution is -2.41. The lowest BCUT2D eigenvalue weighted by Gasteiger charge is -2.42. The van der Waals surface area contributed by atoms with Gasteiger partial charge in [0.05, 0.1) is 6.10 Å². The molecule has 0 heterocycles. The van der Waals surface area contributed by atoms with Crippen LogP contribution in [0.2, 0.25) is 0 Å². The average molecular weight is 304 g/mol. The number of thioether (sulfide) groups is 1. The highest BCUT2D eigenvalue weighted by Crippen LogP contribution is 2.45. The summed E-state index contributed by atoms with van der Waals surface area (Å²) in [6, 6.07) is 8.97. The van der Waals surface area contributed by atoms with Gasteiger partial charge in [-0.05, 0) is 54.2 Å². The van der Waals surface area contributed by atoms with Gasteiger partial charge in [0.2, 0.25) is 0 Å². The fourth-order valence-electron chi connectivity index (χ4n) is 3.95. The maximum Gasteiger partial charge on any atom is 0.0690 e. The van der Waals surface area contributed by atoms with E-state index in [4.69, 9.17) is 0 Å². The van der Waals surface area contributed by atoms with Gasteiger partial charge < -0.3 is 5.11 Å². The van der Waals surface area contributed by atoms with E-state index in [-0.39, 0.29) is 11.5 Å². The molecule has 0 aromatic heterocycles. The fourth-order valence-corrected chi connectivity index (χ4v) is 5.33. The van der Waals surface area contributed by atoms with E-state index < -0.39 is 0 Å². The van der Waals surface area contributed by atoms with E-state index in [9.17, 15) is 5.11 Å². The molecule has 2 heteroatoms. The molecule has 0 saturated heterocycles. The quantitative estimate of drug-likeness (QED) is 0.828. The summed E-state index contributed by atoms with van der Waals surface area (Å²) < 4.78 is 0. The van der Waals surface area contributed by atoms with Crippen molar-refractivity contribution in [3.63, 3.8) is 0 Å². The molecule has 0 spiro atoms. The molecule has 1 aromatic rings. The number of aliphatic hydroxyl groups is 1. The van der Waals surface area contributed by atoms with Crippen molar-refractivity contribution in [2.24, 2.45) is 11.8 Å². The minimum atomic E-state index is -0.103. The minimum absolute atomic E-state index is 0.103. The van der Waals surface area contributed by atoms with E-state index in [1.165, 1.54) is 42.6 Å². The third-order valence-corrected chi connectivity index (χ3v) is 6.58. The molecule has 116 valence electrons. The Morgan fingerprint density at radius 3 is 2.43 bits per heavy atom. The van der Waals surface area contributed by atoms with Crippen LogP contribution in [-0.2, 0) is 5.41 Å². The van der Waals surface area contributed by atoms with Crippen molar-refractivity contribution in [3.05, 3.63) is 29.8 Å². The lowest BCUT2D eigenvalue weighted by molar-refractivity contribution is 0.0283. The summed E-state index contributed by atoms with van der Waals surface area (Å²) in [6.45, 7) is 6.75. The summed E-state index contributed by atoms with van der Waals surface area (Å²) in [6.07, 6.45) is 6.30. The van der Waals surface area contributed by atoms with E-state index in [1.807, 2.05) is 11.8 Å². The average Bonchev–Trinajstić information content (AvgIpc) is 2.44. The summed E-state index contributed by atoms with van der Waals surface area (Å²) in [5.41, 5.74) is 1.60. The smallest absolute Gasteiger partial charge is 0.0690 e. The molecule has 0 aliphatic heterocycles. The predicted octanol–water partition coefficient (Wildman–Crippen LogP) is 5.02. The molecule has 2 saturated carbocycles. The van der Waals surface area contributed by atoms with Crippen molar-refractivity contribution in [1.82, 2.24) is 0 Å². The first-order valence-electron chi connectivity index (χ1n) is 8.39. The van der Waals surface area contributed by atoms with E-state index in [1.54, 1.807) is 0 Å². The second kappa shape index (κ2) is 5.96. The van der Waals surface area contributed by atoms with Crippen molar-refractivity contribution in [3.8, 4) is 0 Å². The second-order valence-corrected chi connectivity index (χ2v) is 9.26. The summed E-state index contributed by atoms with van der Waals surface area (Å²) in [7, 11) is 0. The first-order chi connectivity index (χ1) is 9.93. The Balaban J connectivity index is 1.68. The third-order valence-electron chi connectivity index (χ3n) is 5.26. The van der Waals surface area contributed by atoms with Gasteiger partial charge in [0.25, 0.3) is 0 Å². The van der Waals surface area contributed by atoms with Gasteiger partial charge in [0.1, 0.15) is 0 Å². The molecule has 1 N–H and O–H groups in total. The number of hydrogen-bond acceptors (Lipinski definition) is 2. The Kier molecular flexibility index (Phi) is 4.38. The fraction of sp³-hybridized carbons (Fsp3) is 0.684. The topological polar surface area (TPSA) is 20.2 Å². The maximum absolute atomic E-state index is 10.6. The standard InChI is InChI=1S/C19H28OS/c1-19(2,3)15-7-9-16(10-8-15)21-17-12-13-5-4-6-14(11-13)18(17)20/h7-10,13-14,17-18,20H,4-6,11-12H2,1-3H3. The number of rotatable bonds is 2. The van der Waals surface area contributed by atoms with Crippen molar-refractivity contribution in [1.29, 1.82) is 0 Å². The zero-order valence-corrected chi connectivity index (χ0v) is 14.3. The Labute approximate surface area is 133 Å². The lowest BCUT2D eigenvalue weighted by atomic mass is 9.70. The Morgan fingerprint density at radius 2 is 1.76 bits per heavy atom. The monoisotopic (exact) mass is 304 g/mol. The van der Waals surface area contributed by atoms with E-state index in [0.29, 0.717) is 11.2 Å². The molecular weight excluding hydrogens is 276 g/mol. The predicted molar refractivity (Wildman–Crippen MR) is 90.9 cm³/mol. The number of fused-ring (bicyclic) bond motifs is 2. The van der Waals surface area contributed by atoms with E-state index >= 15 is 0 Å². The Morgan fingerprint density at radius 1 is 1.05 bits per heavy atom. The SMILES string of the molecule is CC(C)(C)c1ccc(SC2CC3CCCC(C3)C2O)cc1. The zero-order chi connectivity index (χ0) is 15.0. The van der Waals surface area contributed by atoms with Crippen molar-refractivity contribution < 1.29 is 5.11 Å². The van der Waals surface area contributed by atoms with Gasteiger partial charge in [-0.3, -0.25) is 0 Å². The number of benzene rings is 1. The maximum atomic E-state index is 10.6. The molecule has 21 heavy (non-hydrogen) atoms. The molecule has 2 aliphatic carbocycles. The molecule has 0 amide bonds. The Hall–Kier alpha value is -0.470. The van der Waals surface area contributed by atoms with Crippen molar-refractivity contribution >= 4 is 11.8 Å². The van der Waals surface area contributed by atoms with E-state index in [0.717, 1.165) is 5.92 Å². The van der Waals surface area contributed by atoms with Gasteiger partial charge in [-0.15, -0.1) is 11.8 Å². The third kappa shape index (κ3) is 3.48.